The van der Waals surface area contributed by atoms with Crippen LogP contribution in [0.3, 0.4) is 0 Å². The Hall–Kier alpha value is -3.21. The zero-order chi connectivity index (χ0) is 24.8. The maximum Gasteiger partial charge on any atom is 0.305 e. The van der Waals surface area contributed by atoms with Crippen LogP contribution in [0.15, 0.2) is 54.3 Å². The van der Waals surface area contributed by atoms with Gasteiger partial charge >= 0.3 is 5.97 Å². The summed E-state index contributed by atoms with van der Waals surface area (Å²) in [4.78, 5) is 14.8. The monoisotopic (exact) mass is 450 g/mol. The molecular weight excluding hydrogens is 412 g/mol. The van der Waals surface area contributed by atoms with Gasteiger partial charge in [-0.05, 0) is 48.8 Å². The smallest absolute Gasteiger partial charge is 0.305 e. The van der Waals surface area contributed by atoms with E-state index in [1.54, 1.807) is 0 Å². The molecule has 0 amide bonds. The Kier molecular flexibility index (Phi) is 12.5. The highest BCUT2D eigenvalue weighted by Gasteiger charge is 2.18. The van der Waals surface area contributed by atoms with Crippen LogP contribution in [-0.2, 0) is 16.0 Å². The zero-order valence-corrected chi connectivity index (χ0v) is 21.1. The van der Waals surface area contributed by atoms with E-state index < -0.39 is 0 Å². The molecule has 2 aliphatic rings. The molecule has 0 unspecified atom stereocenters. The number of rotatable bonds is 3. The van der Waals surface area contributed by atoms with Gasteiger partial charge in [-0.3, -0.25) is 9.78 Å². The molecule has 5 nitrogen and oxygen atoms in total. The van der Waals surface area contributed by atoms with Crippen LogP contribution >= 0.6 is 0 Å². The Morgan fingerprint density at radius 1 is 1.12 bits per heavy atom. The van der Waals surface area contributed by atoms with Gasteiger partial charge in [-0.15, -0.1) is 0 Å². The Morgan fingerprint density at radius 3 is 2.42 bits per heavy atom. The van der Waals surface area contributed by atoms with Crippen LogP contribution in [0.2, 0.25) is 0 Å². The predicted octanol–water partition coefficient (Wildman–Crippen LogP) is 7.10. The van der Waals surface area contributed by atoms with E-state index in [2.05, 4.69) is 28.8 Å². The average molecular weight is 451 g/mol. The van der Waals surface area contributed by atoms with Gasteiger partial charge in [0.1, 0.15) is 5.75 Å². The van der Waals surface area contributed by atoms with Crippen molar-refractivity contribution in [1.29, 1.82) is 5.41 Å². The first kappa shape index (κ1) is 27.8. The number of carbonyl (C=O) groups is 1. The number of allylic oxidation sites excluding steroid dienone is 6. The molecule has 1 aliphatic heterocycles. The summed E-state index contributed by atoms with van der Waals surface area (Å²) in [6, 6.07) is 6.16. The SMILES string of the molecule is C/C(=C1/C=CC=CC1=N)c1ccc2c3c(ccnc13)CCO2.CC.CC.CCCC(=O)OC. The standard InChI is InChI=1S/C19H16N2O.C5H10O2.2C2H6/c1-12(14-4-2-3-5-16(14)20)15-6-7-17-18-13(9-11-22-17)8-10-21-19(15)18;1-3-4-5(6)7-2;2*1-2/h2-8,10,20H,9,11H2,1H3;3-4H2,1-2H3;2*1-2H3/b14-12+,20-16?;;;. The molecule has 5 heteroatoms. The molecule has 0 bridgehead atoms. The third-order valence-electron chi connectivity index (χ3n) is 4.99. The Balaban J connectivity index is 0.000000424. The quantitative estimate of drug-likeness (QED) is 0.506. The summed E-state index contributed by atoms with van der Waals surface area (Å²) in [6.07, 6.45) is 11.9. The van der Waals surface area contributed by atoms with E-state index in [1.807, 2.05) is 71.2 Å². The molecule has 1 aromatic heterocycles. The fraction of sp³-hybridized carbons (Fsp3) is 0.393. The molecule has 4 rings (SSSR count). The summed E-state index contributed by atoms with van der Waals surface area (Å²) < 4.78 is 10.1. The molecule has 0 radical (unpaired) electrons. The Bertz CT molecular complexity index is 1020. The fourth-order valence-electron chi connectivity index (χ4n) is 3.47. The molecule has 0 atom stereocenters. The summed E-state index contributed by atoms with van der Waals surface area (Å²) in [6.45, 7) is 12.7. The average Bonchev–Trinajstić information content (AvgIpc) is 2.87. The second kappa shape index (κ2) is 14.8. The van der Waals surface area contributed by atoms with Gasteiger partial charge in [0.2, 0.25) is 0 Å². The minimum Gasteiger partial charge on any atom is -0.493 e. The summed E-state index contributed by atoms with van der Waals surface area (Å²) in [5.41, 5.74) is 5.90. The first-order valence-corrected chi connectivity index (χ1v) is 11.8. The predicted molar refractivity (Wildman–Crippen MR) is 139 cm³/mol. The van der Waals surface area contributed by atoms with Crippen molar-refractivity contribution in [1.82, 2.24) is 4.98 Å². The normalized spacial score (nSPS) is 14.5. The Morgan fingerprint density at radius 2 is 1.82 bits per heavy atom. The number of carbonyl (C=O) groups excluding carboxylic acids is 1. The molecule has 0 spiro atoms. The molecule has 2 heterocycles. The number of aromatic nitrogens is 1. The van der Waals surface area contributed by atoms with Gasteiger partial charge in [0.25, 0.3) is 0 Å². The van der Waals surface area contributed by atoms with Crippen molar-refractivity contribution in [3.8, 4) is 5.75 Å². The van der Waals surface area contributed by atoms with Crippen LogP contribution in [0.25, 0.3) is 16.5 Å². The first-order chi connectivity index (χ1) is 16.1. The van der Waals surface area contributed by atoms with Crippen molar-refractivity contribution in [3.63, 3.8) is 0 Å². The van der Waals surface area contributed by atoms with Crippen molar-refractivity contribution in [2.24, 2.45) is 0 Å². The highest BCUT2D eigenvalue weighted by molar-refractivity contribution is 6.15. The molecule has 1 N–H and O–H groups in total. The molecule has 0 saturated heterocycles. The molecule has 178 valence electrons. The lowest BCUT2D eigenvalue weighted by atomic mass is 9.92. The van der Waals surface area contributed by atoms with Crippen LogP contribution < -0.4 is 4.74 Å². The third-order valence-corrected chi connectivity index (χ3v) is 4.99. The van der Waals surface area contributed by atoms with E-state index >= 15 is 0 Å². The number of methoxy groups -OCH3 is 1. The topological polar surface area (TPSA) is 72.3 Å². The molecule has 33 heavy (non-hydrogen) atoms. The Labute approximate surface area is 198 Å². The van der Waals surface area contributed by atoms with Gasteiger partial charge in [-0.2, -0.15) is 0 Å². The number of nitrogens with zero attached hydrogens (tertiary/aromatic N) is 1. The number of hydrogen-bond acceptors (Lipinski definition) is 5. The molecule has 0 fully saturated rings. The summed E-state index contributed by atoms with van der Waals surface area (Å²) in [5.74, 6) is 0.794. The minimum absolute atomic E-state index is 0.123. The van der Waals surface area contributed by atoms with Crippen LogP contribution in [0.4, 0.5) is 0 Å². The summed E-state index contributed by atoms with van der Waals surface area (Å²) in [5, 5.41) is 9.24. The lowest BCUT2D eigenvalue weighted by Crippen LogP contribution is -2.09. The van der Waals surface area contributed by atoms with Crippen molar-refractivity contribution < 1.29 is 14.3 Å². The fourth-order valence-corrected chi connectivity index (χ4v) is 3.47. The van der Waals surface area contributed by atoms with Crippen molar-refractivity contribution in [3.05, 3.63) is 65.4 Å². The van der Waals surface area contributed by atoms with Crippen LogP contribution in [-0.4, -0.2) is 30.4 Å². The number of esters is 1. The van der Waals surface area contributed by atoms with Crippen LogP contribution in [0, 0.1) is 5.41 Å². The van der Waals surface area contributed by atoms with Crippen LogP contribution in [0.5, 0.6) is 5.75 Å². The molecule has 1 aromatic carbocycles. The maximum atomic E-state index is 10.2. The van der Waals surface area contributed by atoms with Crippen LogP contribution in [0.1, 0.15) is 65.5 Å². The van der Waals surface area contributed by atoms with Gasteiger partial charge < -0.3 is 14.9 Å². The van der Waals surface area contributed by atoms with Gasteiger partial charge in [0.05, 0.1) is 24.9 Å². The zero-order valence-electron chi connectivity index (χ0n) is 21.1. The lowest BCUT2D eigenvalue weighted by Gasteiger charge is -2.20. The summed E-state index contributed by atoms with van der Waals surface area (Å²) >= 11 is 0. The number of nitrogens with one attached hydrogen (secondary N) is 1. The number of hydrogen-bond donors (Lipinski definition) is 1. The molecule has 1 aliphatic carbocycles. The molecular formula is C28H38N2O3. The van der Waals surface area contributed by atoms with E-state index in [0.717, 1.165) is 52.8 Å². The largest absolute Gasteiger partial charge is 0.493 e. The van der Waals surface area contributed by atoms with Crippen molar-refractivity contribution in [2.75, 3.05) is 13.7 Å². The van der Waals surface area contributed by atoms with Gasteiger partial charge in [-0.25, -0.2) is 0 Å². The molecule has 2 aromatic rings. The summed E-state index contributed by atoms with van der Waals surface area (Å²) in [7, 11) is 1.40. The van der Waals surface area contributed by atoms with E-state index in [9.17, 15) is 4.79 Å². The highest BCUT2D eigenvalue weighted by Crippen LogP contribution is 2.36. The number of pyridine rings is 1. The second-order valence-corrected chi connectivity index (χ2v) is 6.90. The van der Waals surface area contributed by atoms with E-state index in [0.29, 0.717) is 12.1 Å². The molecule has 0 saturated carbocycles. The number of ether oxygens (including phenoxy) is 2. The first-order valence-electron chi connectivity index (χ1n) is 11.8. The number of benzene rings is 1. The maximum absolute atomic E-state index is 10.2. The van der Waals surface area contributed by atoms with Crippen molar-refractivity contribution >= 4 is 28.2 Å². The lowest BCUT2D eigenvalue weighted by molar-refractivity contribution is -0.140. The van der Waals surface area contributed by atoms with E-state index in [-0.39, 0.29) is 5.97 Å². The van der Waals surface area contributed by atoms with Gasteiger partial charge in [-0.1, -0.05) is 52.8 Å². The third kappa shape index (κ3) is 7.14. The van der Waals surface area contributed by atoms with Crippen molar-refractivity contribution in [2.45, 2.75) is 60.8 Å². The highest BCUT2D eigenvalue weighted by atomic mass is 16.5. The van der Waals surface area contributed by atoms with Gasteiger partial charge in [0.15, 0.2) is 0 Å². The van der Waals surface area contributed by atoms with E-state index in [4.69, 9.17) is 10.1 Å². The van der Waals surface area contributed by atoms with E-state index in [1.165, 1.54) is 12.7 Å². The second-order valence-electron chi connectivity index (χ2n) is 6.90. The minimum atomic E-state index is -0.123. The van der Waals surface area contributed by atoms with Gasteiger partial charge in [0, 0.05) is 35.6 Å².